The van der Waals surface area contributed by atoms with Crippen molar-refractivity contribution >= 4 is 5.91 Å². The molecule has 0 aromatic carbocycles. The quantitative estimate of drug-likeness (QED) is 0.718. The zero-order chi connectivity index (χ0) is 12.1. The number of H-pyrrole nitrogens is 1. The van der Waals surface area contributed by atoms with Gasteiger partial charge in [0.15, 0.2) is 0 Å². The van der Waals surface area contributed by atoms with Gasteiger partial charge in [0.2, 0.25) is 5.91 Å². The molecule has 2 unspecified atom stereocenters. The van der Waals surface area contributed by atoms with Crippen LogP contribution in [-0.4, -0.2) is 33.9 Å². The van der Waals surface area contributed by atoms with Crippen molar-refractivity contribution in [2.75, 3.05) is 6.54 Å². The Bertz CT molecular complexity index is 351. The number of rotatable bonds is 4. The Labute approximate surface area is 101 Å². The molecule has 3 N–H and O–H groups in total. The van der Waals surface area contributed by atoms with Gasteiger partial charge in [-0.05, 0) is 18.9 Å². The van der Waals surface area contributed by atoms with Crippen LogP contribution in [0.1, 0.15) is 31.4 Å². The maximum absolute atomic E-state index is 11.6. The highest BCUT2D eigenvalue weighted by molar-refractivity contribution is 5.78. The van der Waals surface area contributed by atoms with E-state index in [2.05, 4.69) is 15.5 Å². The lowest BCUT2D eigenvalue weighted by atomic mass is 9.86. The largest absolute Gasteiger partial charge is 0.393 e. The van der Waals surface area contributed by atoms with Gasteiger partial charge >= 0.3 is 0 Å². The van der Waals surface area contributed by atoms with Crippen LogP contribution in [0, 0.1) is 5.92 Å². The van der Waals surface area contributed by atoms with E-state index < -0.39 is 0 Å². The molecule has 17 heavy (non-hydrogen) atoms. The highest BCUT2D eigenvalue weighted by atomic mass is 16.3. The number of aromatic nitrogens is 2. The van der Waals surface area contributed by atoms with E-state index in [0.29, 0.717) is 13.0 Å². The van der Waals surface area contributed by atoms with Gasteiger partial charge in [-0.2, -0.15) is 5.10 Å². The van der Waals surface area contributed by atoms with Crippen LogP contribution in [0.4, 0.5) is 0 Å². The summed E-state index contributed by atoms with van der Waals surface area (Å²) in [6.07, 6.45) is 5.82. The SMILES string of the molecule is O=C(Cc1ccn[nH]1)NCC1CCCCC1O. The monoisotopic (exact) mass is 237 g/mol. The van der Waals surface area contributed by atoms with Crippen LogP contribution in [0.15, 0.2) is 12.3 Å². The second-order valence-corrected chi connectivity index (χ2v) is 4.67. The van der Waals surface area contributed by atoms with E-state index >= 15 is 0 Å². The number of aliphatic hydroxyl groups excluding tert-OH is 1. The smallest absolute Gasteiger partial charge is 0.226 e. The lowest BCUT2D eigenvalue weighted by Gasteiger charge is -2.27. The molecule has 1 aromatic heterocycles. The van der Waals surface area contributed by atoms with Crippen LogP contribution in [0.5, 0.6) is 0 Å². The third-order valence-corrected chi connectivity index (χ3v) is 3.34. The molecule has 94 valence electrons. The van der Waals surface area contributed by atoms with Crippen LogP contribution < -0.4 is 5.32 Å². The van der Waals surface area contributed by atoms with Crippen molar-refractivity contribution < 1.29 is 9.90 Å². The fourth-order valence-corrected chi connectivity index (χ4v) is 2.29. The molecular weight excluding hydrogens is 218 g/mol. The molecule has 1 aliphatic rings. The topological polar surface area (TPSA) is 78.0 Å². The average Bonchev–Trinajstić information content (AvgIpc) is 2.81. The highest BCUT2D eigenvalue weighted by Gasteiger charge is 2.23. The molecule has 0 saturated heterocycles. The summed E-state index contributed by atoms with van der Waals surface area (Å²) < 4.78 is 0. The second kappa shape index (κ2) is 5.82. The molecule has 0 spiro atoms. The average molecular weight is 237 g/mol. The Hall–Kier alpha value is -1.36. The minimum absolute atomic E-state index is 0.0213. The molecule has 1 aromatic rings. The minimum atomic E-state index is -0.254. The Morgan fingerprint density at radius 3 is 3.06 bits per heavy atom. The summed E-state index contributed by atoms with van der Waals surface area (Å²) in [5, 5.41) is 19.2. The van der Waals surface area contributed by atoms with Crippen LogP contribution in [0.25, 0.3) is 0 Å². The van der Waals surface area contributed by atoms with Crippen molar-refractivity contribution in [3.05, 3.63) is 18.0 Å². The highest BCUT2D eigenvalue weighted by Crippen LogP contribution is 2.23. The fraction of sp³-hybridized carbons (Fsp3) is 0.667. The lowest BCUT2D eigenvalue weighted by Crippen LogP contribution is -2.37. The number of carbonyl (C=O) groups is 1. The summed E-state index contributed by atoms with van der Waals surface area (Å²) in [5.41, 5.74) is 0.812. The zero-order valence-electron chi connectivity index (χ0n) is 9.85. The van der Waals surface area contributed by atoms with Crippen molar-refractivity contribution in [3.63, 3.8) is 0 Å². The van der Waals surface area contributed by atoms with Crippen LogP contribution in [0.2, 0.25) is 0 Å². The summed E-state index contributed by atoms with van der Waals surface area (Å²) >= 11 is 0. The number of hydrogen-bond donors (Lipinski definition) is 3. The number of nitrogens with zero attached hydrogens (tertiary/aromatic N) is 1. The summed E-state index contributed by atoms with van der Waals surface area (Å²) in [7, 11) is 0. The normalized spacial score (nSPS) is 24.5. The first-order valence-electron chi connectivity index (χ1n) is 6.18. The van der Waals surface area contributed by atoms with Crippen LogP contribution in [-0.2, 0) is 11.2 Å². The predicted molar refractivity (Wildman–Crippen MR) is 63.3 cm³/mol. The minimum Gasteiger partial charge on any atom is -0.393 e. The number of amides is 1. The van der Waals surface area contributed by atoms with Crippen molar-refractivity contribution in [1.29, 1.82) is 0 Å². The van der Waals surface area contributed by atoms with Crippen molar-refractivity contribution in [2.45, 2.75) is 38.2 Å². The molecule has 1 fully saturated rings. The van der Waals surface area contributed by atoms with Crippen LogP contribution in [0.3, 0.4) is 0 Å². The van der Waals surface area contributed by atoms with Gasteiger partial charge < -0.3 is 10.4 Å². The zero-order valence-corrected chi connectivity index (χ0v) is 9.85. The lowest BCUT2D eigenvalue weighted by molar-refractivity contribution is -0.120. The van der Waals surface area contributed by atoms with Gasteiger partial charge in [-0.1, -0.05) is 12.8 Å². The van der Waals surface area contributed by atoms with Gasteiger partial charge in [0.1, 0.15) is 0 Å². The molecule has 1 aliphatic carbocycles. The summed E-state index contributed by atoms with van der Waals surface area (Å²) in [5.74, 6) is 0.196. The number of aliphatic hydroxyl groups is 1. The molecule has 5 nitrogen and oxygen atoms in total. The molecule has 2 rings (SSSR count). The number of nitrogens with one attached hydrogen (secondary N) is 2. The number of aromatic amines is 1. The maximum atomic E-state index is 11.6. The third-order valence-electron chi connectivity index (χ3n) is 3.34. The maximum Gasteiger partial charge on any atom is 0.226 e. The number of carbonyl (C=O) groups excluding carboxylic acids is 1. The molecular formula is C12H19N3O2. The summed E-state index contributed by atoms with van der Waals surface area (Å²) in [6.45, 7) is 0.578. The van der Waals surface area contributed by atoms with Gasteiger partial charge in [0.25, 0.3) is 0 Å². The van der Waals surface area contributed by atoms with E-state index in [1.807, 2.05) is 0 Å². The molecule has 5 heteroatoms. The van der Waals surface area contributed by atoms with E-state index in [0.717, 1.165) is 31.4 Å². The first-order valence-corrected chi connectivity index (χ1v) is 6.18. The van der Waals surface area contributed by atoms with E-state index in [1.165, 1.54) is 0 Å². The first kappa shape index (κ1) is 12.1. The molecule has 1 heterocycles. The Balaban J connectivity index is 1.72. The Morgan fingerprint density at radius 1 is 1.53 bits per heavy atom. The van der Waals surface area contributed by atoms with E-state index in [9.17, 15) is 9.90 Å². The Morgan fingerprint density at radius 2 is 2.35 bits per heavy atom. The summed E-state index contributed by atoms with van der Waals surface area (Å²) in [4.78, 5) is 11.6. The van der Waals surface area contributed by atoms with Crippen molar-refractivity contribution in [1.82, 2.24) is 15.5 Å². The third kappa shape index (κ3) is 3.56. The molecule has 2 atom stereocenters. The molecule has 0 radical (unpaired) electrons. The molecule has 1 amide bonds. The standard InChI is InChI=1S/C12H19N3O2/c16-11-4-2-1-3-9(11)8-13-12(17)7-10-5-6-14-15-10/h5-6,9,11,16H,1-4,7-8H2,(H,13,17)(H,14,15). The first-order chi connectivity index (χ1) is 8.25. The second-order valence-electron chi connectivity index (χ2n) is 4.67. The summed E-state index contributed by atoms with van der Waals surface area (Å²) in [6, 6.07) is 1.79. The molecule has 0 aliphatic heterocycles. The van der Waals surface area contributed by atoms with E-state index in [-0.39, 0.29) is 17.9 Å². The molecule has 1 saturated carbocycles. The Kier molecular flexibility index (Phi) is 4.14. The van der Waals surface area contributed by atoms with Crippen molar-refractivity contribution in [2.24, 2.45) is 5.92 Å². The van der Waals surface area contributed by atoms with Gasteiger partial charge in [0, 0.05) is 24.4 Å². The van der Waals surface area contributed by atoms with Crippen LogP contribution >= 0.6 is 0 Å². The van der Waals surface area contributed by atoms with Gasteiger partial charge in [-0.3, -0.25) is 9.89 Å². The molecule has 0 bridgehead atoms. The van der Waals surface area contributed by atoms with Gasteiger partial charge in [0.05, 0.1) is 12.5 Å². The van der Waals surface area contributed by atoms with E-state index in [4.69, 9.17) is 0 Å². The number of hydrogen-bond acceptors (Lipinski definition) is 3. The van der Waals surface area contributed by atoms with Gasteiger partial charge in [-0.25, -0.2) is 0 Å². The van der Waals surface area contributed by atoms with Gasteiger partial charge in [-0.15, -0.1) is 0 Å². The van der Waals surface area contributed by atoms with Crippen molar-refractivity contribution in [3.8, 4) is 0 Å². The fourth-order valence-electron chi connectivity index (χ4n) is 2.29. The van der Waals surface area contributed by atoms with E-state index in [1.54, 1.807) is 12.3 Å². The predicted octanol–water partition coefficient (Wildman–Crippen LogP) is 0.619.